The summed E-state index contributed by atoms with van der Waals surface area (Å²) >= 11 is 5.97. The Bertz CT molecular complexity index is 1070. The van der Waals surface area contributed by atoms with Crippen LogP contribution in [0.2, 0.25) is 5.02 Å². The zero-order chi connectivity index (χ0) is 20.7. The maximum Gasteiger partial charge on any atom is 0.262 e. The van der Waals surface area contributed by atoms with Gasteiger partial charge in [0.05, 0.1) is 9.92 Å². The molecule has 3 aromatic carbocycles. The molecule has 29 heavy (non-hydrogen) atoms. The summed E-state index contributed by atoms with van der Waals surface area (Å²) in [5.74, 6) is 0.0259. The highest BCUT2D eigenvalue weighted by Gasteiger charge is 2.14. The van der Waals surface area contributed by atoms with Crippen LogP contribution in [-0.4, -0.2) is 20.9 Å². The summed E-state index contributed by atoms with van der Waals surface area (Å²) in [4.78, 5) is 12.1. The molecule has 0 heterocycles. The zero-order valence-electron chi connectivity index (χ0n) is 15.3. The molecule has 0 aliphatic carbocycles. The minimum atomic E-state index is -3.66. The number of carbonyl (C=O) groups is 1. The van der Waals surface area contributed by atoms with E-state index in [0.717, 1.165) is 5.56 Å². The van der Waals surface area contributed by atoms with Crippen LogP contribution in [0.3, 0.4) is 0 Å². The molecule has 0 unspecified atom stereocenters. The number of hydrogen-bond acceptors (Lipinski definition) is 4. The topological polar surface area (TPSA) is 84.5 Å². The molecule has 0 saturated heterocycles. The number of amides is 1. The third-order valence-electron chi connectivity index (χ3n) is 3.95. The number of halogens is 1. The Balaban J connectivity index is 1.55. The number of ether oxygens (including phenoxy) is 1. The van der Waals surface area contributed by atoms with Crippen LogP contribution >= 0.6 is 11.6 Å². The lowest BCUT2D eigenvalue weighted by Gasteiger charge is -2.10. The van der Waals surface area contributed by atoms with Gasteiger partial charge in [0.2, 0.25) is 10.0 Å². The lowest BCUT2D eigenvalue weighted by atomic mass is 10.2. The molecule has 8 heteroatoms. The average molecular weight is 431 g/mol. The second-order valence-electron chi connectivity index (χ2n) is 6.10. The van der Waals surface area contributed by atoms with Gasteiger partial charge < -0.3 is 10.1 Å². The van der Waals surface area contributed by atoms with Gasteiger partial charge in [-0.25, -0.2) is 13.1 Å². The van der Waals surface area contributed by atoms with E-state index in [1.54, 1.807) is 24.3 Å². The molecule has 0 aliphatic heterocycles. The number of hydrogen-bond donors (Lipinski definition) is 2. The number of rotatable bonds is 8. The molecule has 0 bridgehead atoms. The van der Waals surface area contributed by atoms with Crippen molar-refractivity contribution in [1.82, 2.24) is 4.72 Å². The number of benzene rings is 3. The number of anilines is 1. The van der Waals surface area contributed by atoms with Crippen LogP contribution in [0, 0.1) is 0 Å². The normalized spacial score (nSPS) is 11.1. The van der Waals surface area contributed by atoms with Crippen LogP contribution in [0.1, 0.15) is 5.56 Å². The van der Waals surface area contributed by atoms with Crippen molar-refractivity contribution in [2.75, 3.05) is 11.9 Å². The first-order chi connectivity index (χ1) is 13.9. The maximum absolute atomic E-state index is 12.4. The zero-order valence-corrected chi connectivity index (χ0v) is 16.9. The van der Waals surface area contributed by atoms with Gasteiger partial charge in [0, 0.05) is 12.2 Å². The Morgan fingerprint density at radius 3 is 2.24 bits per heavy atom. The molecule has 0 aromatic heterocycles. The van der Waals surface area contributed by atoms with Crippen molar-refractivity contribution in [2.45, 2.75) is 11.4 Å². The predicted octanol–water partition coefficient (Wildman–Crippen LogP) is 3.84. The van der Waals surface area contributed by atoms with Crippen molar-refractivity contribution in [3.63, 3.8) is 0 Å². The Morgan fingerprint density at radius 2 is 1.55 bits per heavy atom. The van der Waals surface area contributed by atoms with Crippen LogP contribution in [-0.2, 0) is 21.4 Å². The number of sulfonamides is 1. The lowest BCUT2D eigenvalue weighted by molar-refractivity contribution is -0.118. The molecule has 2 N–H and O–H groups in total. The van der Waals surface area contributed by atoms with E-state index in [0.29, 0.717) is 16.5 Å². The maximum atomic E-state index is 12.4. The molecular weight excluding hydrogens is 412 g/mol. The number of para-hydroxylation sites is 1. The van der Waals surface area contributed by atoms with Gasteiger partial charge in [-0.2, -0.15) is 0 Å². The average Bonchev–Trinajstić information content (AvgIpc) is 2.73. The van der Waals surface area contributed by atoms with E-state index in [9.17, 15) is 13.2 Å². The van der Waals surface area contributed by atoms with Gasteiger partial charge in [-0.1, -0.05) is 54.1 Å². The van der Waals surface area contributed by atoms with Crippen molar-refractivity contribution < 1.29 is 17.9 Å². The minimum Gasteiger partial charge on any atom is -0.482 e. The molecule has 3 aromatic rings. The van der Waals surface area contributed by atoms with E-state index in [1.807, 2.05) is 30.3 Å². The van der Waals surface area contributed by atoms with Crippen molar-refractivity contribution in [3.8, 4) is 5.75 Å². The van der Waals surface area contributed by atoms with Gasteiger partial charge in [0.25, 0.3) is 5.91 Å². The Kier molecular flexibility index (Phi) is 6.87. The van der Waals surface area contributed by atoms with Crippen LogP contribution in [0.15, 0.2) is 83.8 Å². The first-order valence-corrected chi connectivity index (χ1v) is 10.6. The fraction of sp³-hybridized carbons (Fsp3) is 0.0952. The molecule has 6 nitrogen and oxygen atoms in total. The summed E-state index contributed by atoms with van der Waals surface area (Å²) in [6.07, 6.45) is 0. The molecule has 0 atom stereocenters. The largest absolute Gasteiger partial charge is 0.482 e. The summed E-state index contributed by atoms with van der Waals surface area (Å²) in [5.41, 5.74) is 1.32. The lowest BCUT2D eigenvalue weighted by Crippen LogP contribution is -2.23. The fourth-order valence-corrected chi connectivity index (χ4v) is 3.69. The summed E-state index contributed by atoms with van der Waals surface area (Å²) in [7, 11) is -3.66. The standard InChI is InChI=1S/C21H19ClN2O4S/c22-19-8-4-5-9-20(19)28-15-21(25)24-17-10-12-18(13-11-17)29(26,27)23-14-16-6-2-1-3-7-16/h1-13,23H,14-15H2,(H,24,25). The molecule has 150 valence electrons. The van der Waals surface area contributed by atoms with Crippen LogP contribution in [0.5, 0.6) is 5.75 Å². The first kappa shape index (κ1) is 20.9. The molecule has 0 spiro atoms. The first-order valence-electron chi connectivity index (χ1n) is 8.75. The molecular formula is C21H19ClN2O4S. The number of nitrogens with one attached hydrogen (secondary N) is 2. The predicted molar refractivity (Wildman–Crippen MR) is 112 cm³/mol. The van der Waals surface area contributed by atoms with Gasteiger partial charge in [0.15, 0.2) is 6.61 Å². The van der Waals surface area contributed by atoms with Gasteiger partial charge >= 0.3 is 0 Å². The van der Waals surface area contributed by atoms with E-state index in [2.05, 4.69) is 10.0 Å². The highest BCUT2D eigenvalue weighted by molar-refractivity contribution is 7.89. The van der Waals surface area contributed by atoms with Crippen LogP contribution < -0.4 is 14.8 Å². The van der Waals surface area contributed by atoms with Crippen molar-refractivity contribution in [3.05, 3.63) is 89.4 Å². The van der Waals surface area contributed by atoms with Crippen molar-refractivity contribution in [1.29, 1.82) is 0 Å². The second-order valence-corrected chi connectivity index (χ2v) is 8.28. The summed E-state index contributed by atoms with van der Waals surface area (Å²) in [5, 5.41) is 3.06. The van der Waals surface area contributed by atoms with E-state index < -0.39 is 10.0 Å². The summed E-state index contributed by atoms with van der Waals surface area (Å²) in [6, 6.07) is 22.0. The molecule has 0 saturated carbocycles. The Labute approximate surface area is 174 Å². The van der Waals surface area contributed by atoms with Gasteiger partial charge in [-0.3, -0.25) is 4.79 Å². The third-order valence-corrected chi connectivity index (χ3v) is 5.68. The quantitative estimate of drug-likeness (QED) is 0.568. The van der Waals surface area contributed by atoms with E-state index in [-0.39, 0.29) is 24.0 Å². The summed E-state index contributed by atoms with van der Waals surface area (Å²) in [6.45, 7) is -0.0243. The number of carbonyl (C=O) groups excluding carboxylic acids is 1. The fourth-order valence-electron chi connectivity index (χ4n) is 2.48. The second kappa shape index (κ2) is 9.56. The highest BCUT2D eigenvalue weighted by Crippen LogP contribution is 2.23. The van der Waals surface area contributed by atoms with Crippen LogP contribution in [0.25, 0.3) is 0 Å². The SMILES string of the molecule is O=C(COc1ccccc1Cl)Nc1ccc(S(=O)(=O)NCc2ccccc2)cc1. The van der Waals surface area contributed by atoms with Crippen molar-refractivity contribution in [2.24, 2.45) is 0 Å². The Morgan fingerprint density at radius 1 is 0.897 bits per heavy atom. The smallest absolute Gasteiger partial charge is 0.262 e. The monoisotopic (exact) mass is 430 g/mol. The highest BCUT2D eigenvalue weighted by atomic mass is 35.5. The molecule has 1 amide bonds. The van der Waals surface area contributed by atoms with Crippen molar-refractivity contribution >= 4 is 33.2 Å². The molecule has 0 fully saturated rings. The Hall–Kier alpha value is -2.87. The van der Waals surface area contributed by atoms with Gasteiger partial charge in [0.1, 0.15) is 5.75 Å². The van der Waals surface area contributed by atoms with E-state index >= 15 is 0 Å². The molecule has 3 rings (SSSR count). The minimum absolute atomic E-state index is 0.110. The summed E-state index contributed by atoms with van der Waals surface area (Å²) < 4.78 is 32.7. The van der Waals surface area contributed by atoms with E-state index in [1.165, 1.54) is 24.3 Å². The third kappa shape index (κ3) is 6.05. The van der Waals surface area contributed by atoms with E-state index in [4.69, 9.17) is 16.3 Å². The van der Waals surface area contributed by atoms with Gasteiger partial charge in [-0.05, 0) is 42.0 Å². The van der Waals surface area contributed by atoms with Crippen LogP contribution in [0.4, 0.5) is 5.69 Å². The molecule has 0 aliphatic rings. The molecule has 0 radical (unpaired) electrons. The van der Waals surface area contributed by atoms with Gasteiger partial charge in [-0.15, -0.1) is 0 Å².